The maximum Gasteiger partial charge on any atom is 0.251 e. The van der Waals surface area contributed by atoms with Gasteiger partial charge < -0.3 is 15.2 Å². The van der Waals surface area contributed by atoms with Gasteiger partial charge in [-0.15, -0.1) is 10.2 Å². The van der Waals surface area contributed by atoms with Crippen LogP contribution in [0.15, 0.2) is 18.5 Å². The molecule has 0 aromatic carbocycles. The molecular weight excluding hydrogens is 268 g/mol. The molecule has 0 radical (unpaired) electrons. The van der Waals surface area contributed by atoms with Gasteiger partial charge in [0.15, 0.2) is 5.82 Å². The Balaban J connectivity index is 2.10. The largest absolute Gasteiger partial charge is 0.370 e. The van der Waals surface area contributed by atoms with Gasteiger partial charge in [-0.3, -0.25) is 4.79 Å². The van der Waals surface area contributed by atoms with E-state index >= 15 is 0 Å². The smallest absolute Gasteiger partial charge is 0.251 e. The maximum atomic E-state index is 12.3. The highest BCUT2D eigenvalue weighted by Gasteiger charge is 2.10. The van der Waals surface area contributed by atoms with E-state index in [4.69, 9.17) is 0 Å². The summed E-state index contributed by atoms with van der Waals surface area (Å²) in [7, 11) is 1.84. The highest BCUT2D eigenvalue weighted by atomic mass is 16.1. The molecule has 0 aliphatic carbocycles. The van der Waals surface area contributed by atoms with E-state index in [1.54, 1.807) is 17.0 Å². The molecule has 0 aliphatic rings. The number of pyridine rings is 1. The molecule has 0 aliphatic heterocycles. The van der Waals surface area contributed by atoms with E-state index < -0.39 is 0 Å². The van der Waals surface area contributed by atoms with Crippen LogP contribution in [-0.4, -0.2) is 32.2 Å². The lowest BCUT2D eigenvalue weighted by Crippen LogP contribution is -2.25. The van der Waals surface area contributed by atoms with Crippen molar-refractivity contribution in [2.75, 3.05) is 11.9 Å². The standard InChI is InChI=1S/C14H20N6O/c1-4-11-6-10(7-12(18-11)15-5-2)14(21)16-8-13-19-17-9-20(13)3/h6-7,9H,4-5,8H2,1-3H3,(H,15,18)(H,16,21). The van der Waals surface area contributed by atoms with Gasteiger partial charge in [0.2, 0.25) is 0 Å². The third kappa shape index (κ3) is 3.77. The molecule has 0 unspecified atom stereocenters. The summed E-state index contributed by atoms with van der Waals surface area (Å²) in [5.41, 5.74) is 1.48. The van der Waals surface area contributed by atoms with E-state index in [0.29, 0.717) is 17.9 Å². The van der Waals surface area contributed by atoms with Crippen molar-refractivity contribution in [2.24, 2.45) is 7.05 Å². The van der Waals surface area contributed by atoms with Gasteiger partial charge in [-0.05, 0) is 25.5 Å². The molecule has 2 aromatic rings. The minimum absolute atomic E-state index is 0.144. The van der Waals surface area contributed by atoms with Crippen molar-refractivity contribution in [3.05, 3.63) is 35.5 Å². The van der Waals surface area contributed by atoms with Gasteiger partial charge in [0.1, 0.15) is 12.1 Å². The van der Waals surface area contributed by atoms with Gasteiger partial charge in [0, 0.05) is 24.8 Å². The molecule has 2 N–H and O–H groups in total. The quantitative estimate of drug-likeness (QED) is 0.832. The number of nitrogens with zero attached hydrogens (tertiary/aromatic N) is 4. The molecule has 0 saturated carbocycles. The summed E-state index contributed by atoms with van der Waals surface area (Å²) in [6, 6.07) is 3.57. The zero-order valence-electron chi connectivity index (χ0n) is 12.6. The molecule has 2 rings (SSSR count). The maximum absolute atomic E-state index is 12.3. The van der Waals surface area contributed by atoms with Crippen LogP contribution in [0.4, 0.5) is 5.82 Å². The summed E-state index contributed by atoms with van der Waals surface area (Å²) in [5, 5.41) is 13.7. The second-order valence-electron chi connectivity index (χ2n) is 4.66. The average molecular weight is 288 g/mol. The molecule has 21 heavy (non-hydrogen) atoms. The number of rotatable bonds is 6. The number of carbonyl (C=O) groups is 1. The van der Waals surface area contributed by atoms with E-state index in [1.165, 1.54) is 0 Å². The lowest BCUT2D eigenvalue weighted by molar-refractivity contribution is 0.0949. The van der Waals surface area contributed by atoms with Crippen LogP contribution in [0.2, 0.25) is 0 Å². The molecule has 0 spiro atoms. The monoisotopic (exact) mass is 288 g/mol. The van der Waals surface area contributed by atoms with Crippen LogP contribution in [0.25, 0.3) is 0 Å². The van der Waals surface area contributed by atoms with E-state index in [-0.39, 0.29) is 5.91 Å². The van der Waals surface area contributed by atoms with Crippen molar-refractivity contribution in [2.45, 2.75) is 26.8 Å². The molecule has 2 heterocycles. The summed E-state index contributed by atoms with van der Waals surface area (Å²) < 4.78 is 1.77. The van der Waals surface area contributed by atoms with E-state index in [9.17, 15) is 4.79 Å². The number of carbonyl (C=O) groups excluding carboxylic acids is 1. The fourth-order valence-electron chi connectivity index (χ4n) is 1.90. The van der Waals surface area contributed by atoms with Crippen LogP contribution < -0.4 is 10.6 Å². The first kappa shape index (κ1) is 15.0. The zero-order valence-corrected chi connectivity index (χ0v) is 12.6. The predicted octanol–water partition coefficient (Wildman–Crippen LogP) is 1.13. The van der Waals surface area contributed by atoms with Gasteiger partial charge >= 0.3 is 0 Å². The Kier molecular flexibility index (Phi) is 4.86. The zero-order chi connectivity index (χ0) is 15.2. The minimum atomic E-state index is -0.144. The Morgan fingerprint density at radius 1 is 1.33 bits per heavy atom. The summed E-state index contributed by atoms with van der Waals surface area (Å²) in [5.74, 6) is 1.29. The van der Waals surface area contributed by atoms with Crippen LogP contribution in [-0.2, 0) is 20.0 Å². The van der Waals surface area contributed by atoms with Crippen molar-refractivity contribution in [3.63, 3.8) is 0 Å². The van der Waals surface area contributed by atoms with E-state index in [0.717, 1.165) is 24.5 Å². The second kappa shape index (κ2) is 6.83. The average Bonchev–Trinajstić information content (AvgIpc) is 2.90. The van der Waals surface area contributed by atoms with Gasteiger partial charge in [-0.1, -0.05) is 6.92 Å². The van der Waals surface area contributed by atoms with E-state index in [1.807, 2.05) is 27.0 Å². The number of aromatic nitrogens is 4. The number of anilines is 1. The number of aryl methyl sites for hydroxylation is 2. The molecule has 7 heteroatoms. The fraction of sp³-hybridized carbons (Fsp3) is 0.429. The number of hydrogen-bond donors (Lipinski definition) is 2. The van der Waals surface area contributed by atoms with Crippen LogP contribution in [0, 0.1) is 0 Å². The van der Waals surface area contributed by atoms with Crippen molar-refractivity contribution >= 4 is 11.7 Å². The minimum Gasteiger partial charge on any atom is -0.370 e. The van der Waals surface area contributed by atoms with Crippen molar-refractivity contribution < 1.29 is 4.79 Å². The molecule has 1 amide bonds. The number of nitrogens with one attached hydrogen (secondary N) is 2. The normalized spacial score (nSPS) is 10.4. The summed E-state index contributed by atoms with van der Waals surface area (Å²) in [4.78, 5) is 16.7. The highest BCUT2D eigenvalue weighted by Crippen LogP contribution is 2.11. The molecule has 0 saturated heterocycles. The molecular formula is C14H20N6O. The lowest BCUT2D eigenvalue weighted by atomic mass is 10.2. The summed E-state index contributed by atoms with van der Waals surface area (Å²) in [6.45, 7) is 5.11. The Hall–Kier alpha value is -2.44. The molecule has 2 aromatic heterocycles. The topological polar surface area (TPSA) is 84.7 Å². The number of hydrogen-bond acceptors (Lipinski definition) is 5. The lowest BCUT2D eigenvalue weighted by Gasteiger charge is -2.09. The summed E-state index contributed by atoms with van der Waals surface area (Å²) in [6.07, 6.45) is 2.38. The van der Waals surface area contributed by atoms with Crippen molar-refractivity contribution in [3.8, 4) is 0 Å². The third-order valence-electron chi connectivity index (χ3n) is 3.07. The first-order valence-corrected chi connectivity index (χ1v) is 7.00. The van der Waals surface area contributed by atoms with Crippen molar-refractivity contribution in [1.82, 2.24) is 25.1 Å². The van der Waals surface area contributed by atoms with Gasteiger partial charge in [0.05, 0.1) is 6.54 Å². The van der Waals surface area contributed by atoms with E-state index in [2.05, 4.69) is 25.8 Å². The summed E-state index contributed by atoms with van der Waals surface area (Å²) >= 11 is 0. The van der Waals surface area contributed by atoms with Gasteiger partial charge in [0.25, 0.3) is 5.91 Å². The van der Waals surface area contributed by atoms with Crippen LogP contribution >= 0.6 is 0 Å². The Morgan fingerprint density at radius 2 is 2.14 bits per heavy atom. The first-order valence-electron chi connectivity index (χ1n) is 7.00. The Morgan fingerprint density at radius 3 is 2.76 bits per heavy atom. The first-order chi connectivity index (χ1) is 10.1. The van der Waals surface area contributed by atoms with Crippen LogP contribution in [0.1, 0.15) is 35.7 Å². The molecule has 112 valence electrons. The molecule has 0 bridgehead atoms. The highest BCUT2D eigenvalue weighted by molar-refractivity contribution is 5.94. The Bertz CT molecular complexity index is 622. The SMILES string of the molecule is CCNc1cc(C(=O)NCc2nncn2C)cc(CC)n1. The third-order valence-corrected chi connectivity index (χ3v) is 3.07. The van der Waals surface area contributed by atoms with Crippen LogP contribution in [0.3, 0.4) is 0 Å². The van der Waals surface area contributed by atoms with Gasteiger partial charge in [-0.2, -0.15) is 0 Å². The molecule has 0 atom stereocenters. The van der Waals surface area contributed by atoms with Crippen LogP contribution in [0.5, 0.6) is 0 Å². The fourth-order valence-corrected chi connectivity index (χ4v) is 1.90. The number of amides is 1. The molecule has 7 nitrogen and oxygen atoms in total. The second-order valence-corrected chi connectivity index (χ2v) is 4.66. The van der Waals surface area contributed by atoms with Gasteiger partial charge in [-0.25, -0.2) is 4.98 Å². The Labute approximate surface area is 123 Å². The van der Waals surface area contributed by atoms with Crippen molar-refractivity contribution in [1.29, 1.82) is 0 Å². The predicted molar refractivity (Wildman–Crippen MR) is 80.0 cm³/mol. The molecule has 0 fully saturated rings.